The van der Waals surface area contributed by atoms with E-state index in [0.29, 0.717) is 10.8 Å². The Kier molecular flexibility index (Phi) is 4.60. The first kappa shape index (κ1) is 15.2. The lowest BCUT2D eigenvalue weighted by atomic mass is 9.74. The number of nitrogens with zero attached hydrogens (tertiary/aromatic N) is 2. The molecule has 1 aliphatic rings. The van der Waals surface area contributed by atoms with E-state index < -0.39 is 5.60 Å². The number of aliphatic hydroxyl groups is 1. The number of hydrogen-bond donors (Lipinski definition) is 1. The molecule has 1 heterocycles. The van der Waals surface area contributed by atoms with Crippen LogP contribution in [0.5, 0.6) is 0 Å². The Balaban J connectivity index is 2.05. The van der Waals surface area contributed by atoms with Crippen molar-refractivity contribution in [3.05, 3.63) is 23.2 Å². The molecule has 20 heavy (non-hydrogen) atoms. The lowest BCUT2D eigenvalue weighted by Gasteiger charge is -2.36. The summed E-state index contributed by atoms with van der Waals surface area (Å²) in [7, 11) is 1.41. The standard InChI is InChI=1S/C14H19ClN2O3/c1-14(19,13-16-7-11(15)8-17-13)10-5-3-9(4-6-10)12(18)20-2/h7-10,19H,3-6H2,1-2H3/t9-,10-,14?. The molecule has 2 rings (SSSR count). The van der Waals surface area contributed by atoms with Gasteiger partial charge in [-0.05, 0) is 38.5 Å². The molecule has 1 fully saturated rings. The molecule has 1 N–H and O–H groups in total. The van der Waals surface area contributed by atoms with Crippen molar-refractivity contribution < 1.29 is 14.6 Å². The van der Waals surface area contributed by atoms with Gasteiger partial charge < -0.3 is 9.84 Å². The van der Waals surface area contributed by atoms with E-state index in [9.17, 15) is 9.90 Å². The van der Waals surface area contributed by atoms with E-state index in [4.69, 9.17) is 16.3 Å². The lowest BCUT2D eigenvalue weighted by Crippen LogP contribution is -2.37. The van der Waals surface area contributed by atoms with E-state index >= 15 is 0 Å². The fraction of sp³-hybridized carbons (Fsp3) is 0.643. The zero-order chi connectivity index (χ0) is 14.8. The summed E-state index contributed by atoms with van der Waals surface area (Å²) in [4.78, 5) is 19.7. The van der Waals surface area contributed by atoms with E-state index in [1.165, 1.54) is 19.5 Å². The topological polar surface area (TPSA) is 72.3 Å². The van der Waals surface area contributed by atoms with Gasteiger partial charge in [0, 0.05) is 12.4 Å². The van der Waals surface area contributed by atoms with Crippen LogP contribution in [0.25, 0.3) is 0 Å². The van der Waals surface area contributed by atoms with Crippen LogP contribution in [-0.2, 0) is 15.1 Å². The Labute approximate surface area is 123 Å². The Morgan fingerprint density at radius 1 is 1.35 bits per heavy atom. The number of esters is 1. The van der Waals surface area contributed by atoms with Crippen LogP contribution < -0.4 is 0 Å². The quantitative estimate of drug-likeness (QED) is 0.867. The second kappa shape index (κ2) is 6.06. The molecule has 6 heteroatoms. The molecule has 1 saturated carbocycles. The third-order valence-corrected chi connectivity index (χ3v) is 4.32. The van der Waals surface area contributed by atoms with Gasteiger partial charge in [0.1, 0.15) is 5.60 Å². The number of carbonyl (C=O) groups is 1. The smallest absolute Gasteiger partial charge is 0.308 e. The Morgan fingerprint density at radius 2 is 1.90 bits per heavy atom. The van der Waals surface area contributed by atoms with E-state index in [-0.39, 0.29) is 17.8 Å². The number of ether oxygens (including phenoxy) is 1. The molecule has 0 spiro atoms. The van der Waals surface area contributed by atoms with Gasteiger partial charge in [-0.15, -0.1) is 0 Å². The highest BCUT2D eigenvalue weighted by Gasteiger charge is 2.40. The first-order chi connectivity index (χ1) is 9.45. The zero-order valence-corrected chi connectivity index (χ0v) is 12.4. The minimum atomic E-state index is -1.11. The summed E-state index contributed by atoms with van der Waals surface area (Å²) >= 11 is 5.76. The Bertz CT molecular complexity index is 468. The number of methoxy groups -OCH3 is 1. The van der Waals surface area contributed by atoms with Crippen molar-refractivity contribution in [1.29, 1.82) is 0 Å². The number of carbonyl (C=O) groups excluding carboxylic acids is 1. The van der Waals surface area contributed by atoms with Gasteiger partial charge in [0.2, 0.25) is 0 Å². The largest absolute Gasteiger partial charge is 0.469 e. The molecular weight excluding hydrogens is 280 g/mol. The third kappa shape index (κ3) is 3.10. The fourth-order valence-electron chi connectivity index (χ4n) is 2.81. The first-order valence-electron chi connectivity index (χ1n) is 6.73. The summed E-state index contributed by atoms with van der Waals surface area (Å²) in [6.07, 6.45) is 5.91. The average Bonchev–Trinajstić information content (AvgIpc) is 2.47. The van der Waals surface area contributed by atoms with E-state index in [0.717, 1.165) is 25.7 Å². The highest BCUT2D eigenvalue weighted by atomic mass is 35.5. The van der Waals surface area contributed by atoms with Gasteiger partial charge in [0.05, 0.1) is 18.1 Å². The fourth-order valence-corrected chi connectivity index (χ4v) is 2.91. The van der Waals surface area contributed by atoms with Crippen LogP contribution in [0.15, 0.2) is 12.4 Å². The highest BCUT2D eigenvalue weighted by Crippen LogP contribution is 2.39. The molecule has 0 aromatic carbocycles. The maximum absolute atomic E-state index is 11.5. The number of rotatable bonds is 3. The van der Waals surface area contributed by atoms with Gasteiger partial charge in [-0.1, -0.05) is 11.6 Å². The van der Waals surface area contributed by atoms with Gasteiger partial charge >= 0.3 is 5.97 Å². The van der Waals surface area contributed by atoms with Crippen molar-refractivity contribution in [3.8, 4) is 0 Å². The van der Waals surface area contributed by atoms with Gasteiger partial charge in [-0.2, -0.15) is 0 Å². The van der Waals surface area contributed by atoms with Crippen molar-refractivity contribution >= 4 is 17.6 Å². The van der Waals surface area contributed by atoms with Gasteiger partial charge in [-0.3, -0.25) is 4.79 Å². The first-order valence-corrected chi connectivity index (χ1v) is 7.11. The van der Waals surface area contributed by atoms with Crippen LogP contribution in [0.3, 0.4) is 0 Å². The van der Waals surface area contributed by atoms with Gasteiger partial charge in [0.25, 0.3) is 0 Å². The molecule has 1 aromatic rings. The normalized spacial score (nSPS) is 25.8. The predicted molar refractivity (Wildman–Crippen MR) is 74.1 cm³/mol. The lowest BCUT2D eigenvalue weighted by molar-refractivity contribution is -0.148. The van der Waals surface area contributed by atoms with Gasteiger partial charge in [-0.25, -0.2) is 9.97 Å². The molecule has 0 saturated heterocycles. The Hall–Kier alpha value is -1.20. The number of hydrogen-bond acceptors (Lipinski definition) is 5. The summed E-state index contributed by atoms with van der Waals surface area (Å²) in [6, 6.07) is 0. The zero-order valence-electron chi connectivity index (χ0n) is 11.7. The van der Waals surface area contributed by atoms with E-state index in [2.05, 4.69) is 9.97 Å². The second-order valence-electron chi connectivity index (χ2n) is 5.44. The van der Waals surface area contributed by atoms with Crippen LogP contribution in [0, 0.1) is 11.8 Å². The highest BCUT2D eigenvalue weighted by molar-refractivity contribution is 6.30. The molecule has 5 nitrogen and oxygen atoms in total. The Morgan fingerprint density at radius 3 is 2.40 bits per heavy atom. The summed E-state index contributed by atoms with van der Waals surface area (Å²) < 4.78 is 4.77. The molecular formula is C14H19ClN2O3. The minimum Gasteiger partial charge on any atom is -0.469 e. The van der Waals surface area contributed by atoms with Crippen molar-refractivity contribution in [2.75, 3.05) is 7.11 Å². The predicted octanol–water partition coefficient (Wildman–Crippen LogP) is 2.32. The number of halogens is 1. The average molecular weight is 299 g/mol. The molecule has 0 bridgehead atoms. The SMILES string of the molecule is COC(=O)[C@H]1CC[C@H](C(C)(O)c2ncc(Cl)cn2)CC1. The molecule has 0 radical (unpaired) electrons. The molecule has 110 valence electrons. The second-order valence-corrected chi connectivity index (χ2v) is 5.88. The molecule has 1 atom stereocenters. The molecule has 0 aliphatic heterocycles. The van der Waals surface area contributed by atoms with E-state index in [1.807, 2.05) is 0 Å². The molecule has 1 aliphatic carbocycles. The van der Waals surface area contributed by atoms with Crippen LogP contribution in [0.4, 0.5) is 0 Å². The number of aromatic nitrogens is 2. The van der Waals surface area contributed by atoms with Crippen molar-refractivity contribution in [2.24, 2.45) is 11.8 Å². The maximum Gasteiger partial charge on any atom is 0.308 e. The van der Waals surface area contributed by atoms with E-state index in [1.54, 1.807) is 6.92 Å². The summed E-state index contributed by atoms with van der Waals surface area (Å²) in [5.74, 6) is 0.192. The van der Waals surface area contributed by atoms with Crippen LogP contribution >= 0.6 is 11.6 Å². The summed E-state index contributed by atoms with van der Waals surface area (Å²) in [5.41, 5.74) is -1.11. The third-order valence-electron chi connectivity index (χ3n) is 4.13. The molecule has 1 unspecified atom stereocenters. The van der Waals surface area contributed by atoms with Crippen molar-refractivity contribution in [3.63, 3.8) is 0 Å². The van der Waals surface area contributed by atoms with Crippen LogP contribution in [-0.4, -0.2) is 28.2 Å². The monoisotopic (exact) mass is 298 g/mol. The summed E-state index contributed by atoms with van der Waals surface area (Å²) in [5, 5.41) is 11.1. The summed E-state index contributed by atoms with van der Waals surface area (Å²) in [6.45, 7) is 1.72. The van der Waals surface area contributed by atoms with Crippen molar-refractivity contribution in [1.82, 2.24) is 9.97 Å². The molecule has 0 amide bonds. The molecule has 1 aromatic heterocycles. The van der Waals surface area contributed by atoms with Crippen molar-refractivity contribution in [2.45, 2.75) is 38.2 Å². The van der Waals surface area contributed by atoms with Gasteiger partial charge in [0.15, 0.2) is 5.82 Å². The minimum absolute atomic E-state index is 0.0320. The maximum atomic E-state index is 11.5. The van der Waals surface area contributed by atoms with Crippen LogP contribution in [0.2, 0.25) is 5.02 Å². The van der Waals surface area contributed by atoms with Crippen LogP contribution in [0.1, 0.15) is 38.4 Å².